The molecule has 0 aliphatic heterocycles. The minimum Gasteiger partial charge on any atom is -0.457 e. The zero-order valence-electron chi connectivity index (χ0n) is 18.9. The summed E-state index contributed by atoms with van der Waals surface area (Å²) in [4.78, 5) is 17.2. The van der Waals surface area contributed by atoms with Gasteiger partial charge < -0.3 is 14.2 Å². The van der Waals surface area contributed by atoms with Crippen molar-refractivity contribution < 1.29 is 13.6 Å². The summed E-state index contributed by atoms with van der Waals surface area (Å²) >= 11 is 12.3. The molecule has 7 heteroatoms. The number of aromatic nitrogens is 1. The molecule has 0 aliphatic rings. The Morgan fingerprint density at radius 3 is 2.49 bits per heavy atom. The van der Waals surface area contributed by atoms with Crippen LogP contribution in [0.1, 0.15) is 16.9 Å². The molecule has 0 radical (unpaired) electrons. The lowest BCUT2D eigenvalue weighted by molar-refractivity contribution is -0.111. The van der Waals surface area contributed by atoms with Crippen LogP contribution in [0.15, 0.2) is 81.6 Å². The maximum Gasteiger partial charge on any atom is 0.248 e. The molecule has 3 aromatic carbocycles. The van der Waals surface area contributed by atoms with E-state index in [2.05, 4.69) is 16.4 Å². The Bertz CT molecular complexity index is 1580. The van der Waals surface area contributed by atoms with E-state index >= 15 is 0 Å². The smallest absolute Gasteiger partial charge is 0.248 e. The van der Waals surface area contributed by atoms with E-state index in [4.69, 9.17) is 32.0 Å². The topological polar surface area (TPSA) is 68.3 Å². The average molecular weight is 503 g/mol. The molecular weight excluding hydrogens is 483 g/mol. The summed E-state index contributed by atoms with van der Waals surface area (Å²) in [6.07, 6.45) is 2.98. The molecule has 2 heterocycles. The van der Waals surface area contributed by atoms with Crippen molar-refractivity contribution in [3.63, 3.8) is 0 Å². The van der Waals surface area contributed by atoms with Gasteiger partial charge in [-0.25, -0.2) is 4.98 Å². The number of hydrogen-bond donors (Lipinski definition) is 1. The van der Waals surface area contributed by atoms with Crippen molar-refractivity contribution in [2.45, 2.75) is 13.8 Å². The van der Waals surface area contributed by atoms with E-state index in [-0.39, 0.29) is 5.91 Å². The number of carbonyl (C=O) groups is 1. The lowest BCUT2D eigenvalue weighted by atomic mass is 10.1. The van der Waals surface area contributed by atoms with Gasteiger partial charge in [0.15, 0.2) is 5.58 Å². The quantitative estimate of drug-likeness (QED) is 0.245. The molecule has 0 spiro atoms. The van der Waals surface area contributed by atoms with E-state index < -0.39 is 0 Å². The summed E-state index contributed by atoms with van der Waals surface area (Å²) in [5.41, 5.74) is 5.72. The third kappa shape index (κ3) is 5.02. The van der Waals surface area contributed by atoms with Gasteiger partial charge in [-0.1, -0.05) is 29.3 Å². The Labute approximate surface area is 212 Å². The number of nitrogens with zero attached hydrogens (tertiary/aromatic N) is 1. The van der Waals surface area contributed by atoms with Crippen molar-refractivity contribution in [2.24, 2.45) is 0 Å². The number of oxazole rings is 1. The van der Waals surface area contributed by atoms with E-state index in [1.165, 1.54) is 6.08 Å². The predicted molar refractivity (Wildman–Crippen MR) is 141 cm³/mol. The molecule has 35 heavy (non-hydrogen) atoms. The van der Waals surface area contributed by atoms with Gasteiger partial charge in [0, 0.05) is 22.2 Å². The van der Waals surface area contributed by atoms with Crippen LogP contribution in [0, 0.1) is 13.8 Å². The molecule has 0 saturated carbocycles. The number of aryl methyl sites for hydroxylation is 2. The van der Waals surface area contributed by atoms with E-state index in [1.54, 1.807) is 36.4 Å². The van der Waals surface area contributed by atoms with Crippen LogP contribution in [0.25, 0.3) is 40.0 Å². The fourth-order valence-corrected chi connectivity index (χ4v) is 4.09. The van der Waals surface area contributed by atoms with Crippen molar-refractivity contribution in [1.29, 1.82) is 0 Å². The van der Waals surface area contributed by atoms with Crippen LogP contribution in [-0.2, 0) is 4.79 Å². The highest BCUT2D eigenvalue weighted by Gasteiger charge is 2.13. The molecule has 0 atom stereocenters. The summed E-state index contributed by atoms with van der Waals surface area (Å²) in [5.74, 6) is 1.34. The summed E-state index contributed by atoms with van der Waals surface area (Å²) in [6.45, 7) is 4.01. The second-order valence-electron chi connectivity index (χ2n) is 8.18. The van der Waals surface area contributed by atoms with Gasteiger partial charge in [-0.2, -0.15) is 0 Å². The van der Waals surface area contributed by atoms with Gasteiger partial charge in [0.2, 0.25) is 11.8 Å². The second kappa shape index (κ2) is 9.45. The minimum absolute atomic E-state index is 0.350. The van der Waals surface area contributed by atoms with E-state index in [0.717, 1.165) is 27.8 Å². The van der Waals surface area contributed by atoms with Gasteiger partial charge in [-0.05, 0) is 91.7 Å². The zero-order valence-corrected chi connectivity index (χ0v) is 20.4. The van der Waals surface area contributed by atoms with Crippen molar-refractivity contribution in [1.82, 2.24) is 4.98 Å². The fraction of sp³-hybridized carbons (Fsp3) is 0.0714. The number of rotatable bonds is 5. The molecule has 1 amide bonds. The molecule has 5 aromatic rings. The highest BCUT2D eigenvalue weighted by Crippen LogP contribution is 2.32. The van der Waals surface area contributed by atoms with Crippen LogP contribution >= 0.6 is 23.2 Å². The summed E-state index contributed by atoms with van der Waals surface area (Å²) < 4.78 is 11.8. The molecule has 0 bridgehead atoms. The number of anilines is 1. The second-order valence-corrected chi connectivity index (χ2v) is 9.02. The molecule has 5 rings (SSSR count). The Morgan fingerprint density at radius 2 is 1.69 bits per heavy atom. The molecule has 174 valence electrons. The Kier molecular flexibility index (Phi) is 6.20. The van der Waals surface area contributed by atoms with Gasteiger partial charge >= 0.3 is 0 Å². The lowest BCUT2D eigenvalue weighted by Gasteiger charge is -2.06. The summed E-state index contributed by atoms with van der Waals surface area (Å²) in [7, 11) is 0. The molecule has 5 nitrogen and oxygen atoms in total. The Hall–Kier alpha value is -3.80. The van der Waals surface area contributed by atoms with Gasteiger partial charge in [0.1, 0.15) is 17.0 Å². The molecule has 0 aliphatic carbocycles. The highest BCUT2D eigenvalue weighted by molar-refractivity contribution is 6.34. The number of carbonyl (C=O) groups excluding carboxylic acids is 1. The highest BCUT2D eigenvalue weighted by atomic mass is 35.5. The Morgan fingerprint density at radius 1 is 0.914 bits per heavy atom. The first kappa shape index (κ1) is 23.0. The fourth-order valence-electron chi connectivity index (χ4n) is 3.80. The van der Waals surface area contributed by atoms with Crippen molar-refractivity contribution in [3.8, 4) is 22.8 Å². The summed E-state index contributed by atoms with van der Waals surface area (Å²) in [5, 5.41) is 3.86. The standard InChI is InChI=1S/C28H20Cl2N2O3/c1-16-13-17(2)27-24(14-16)32-28(35-27)19-5-10-22(30)23(15-19)31-26(33)12-9-21-8-11-25(34-21)18-3-6-20(29)7-4-18/h3-15H,1-2H3,(H,31,33)/b12-9+. The maximum absolute atomic E-state index is 12.6. The molecule has 0 unspecified atom stereocenters. The average Bonchev–Trinajstić information content (AvgIpc) is 3.47. The molecular formula is C28H20Cl2N2O3. The zero-order chi connectivity index (χ0) is 24.5. The normalized spacial score (nSPS) is 11.4. The van der Waals surface area contributed by atoms with E-state index in [1.807, 2.05) is 44.2 Å². The summed E-state index contributed by atoms with van der Waals surface area (Å²) in [6, 6.07) is 20.2. The predicted octanol–water partition coefficient (Wildman–Crippen LogP) is 8.33. The van der Waals surface area contributed by atoms with Gasteiger partial charge in [-0.15, -0.1) is 0 Å². The number of benzene rings is 3. The first-order chi connectivity index (χ1) is 16.9. The number of nitrogens with one attached hydrogen (secondary N) is 1. The molecule has 1 N–H and O–H groups in total. The van der Waals surface area contributed by atoms with Crippen LogP contribution < -0.4 is 5.32 Å². The third-order valence-electron chi connectivity index (χ3n) is 5.45. The molecule has 0 fully saturated rings. The number of halogens is 2. The van der Waals surface area contributed by atoms with Crippen molar-refractivity contribution in [2.75, 3.05) is 5.32 Å². The van der Waals surface area contributed by atoms with Crippen LogP contribution in [0.4, 0.5) is 5.69 Å². The SMILES string of the molecule is Cc1cc(C)c2oc(-c3ccc(Cl)c(NC(=O)/C=C/c4ccc(-c5ccc(Cl)cc5)o4)c3)nc2c1. The van der Waals surface area contributed by atoms with Crippen LogP contribution in [0.5, 0.6) is 0 Å². The molecule has 2 aromatic heterocycles. The van der Waals surface area contributed by atoms with E-state index in [9.17, 15) is 4.79 Å². The van der Waals surface area contributed by atoms with Gasteiger partial charge in [0.05, 0.1) is 10.7 Å². The molecule has 0 saturated heterocycles. The first-order valence-corrected chi connectivity index (χ1v) is 11.6. The lowest BCUT2D eigenvalue weighted by Crippen LogP contribution is -2.08. The van der Waals surface area contributed by atoms with Crippen molar-refractivity contribution in [3.05, 3.63) is 99.7 Å². The number of furan rings is 1. The monoisotopic (exact) mass is 502 g/mol. The third-order valence-corrected chi connectivity index (χ3v) is 6.03. The van der Waals surface area contributed by atoms with Crippen molar-refractivity contribution >= 4 is 52.0 Å². The van der Waals surface area contributed by atoms with Gasteiger partial charge in [-0.3, -0.25) is 4.79 Å². The minimum atomic E-state index is -0.350. The van der Waals surface area contributed by atoms with Crippen LogP contribution in [0.3, 0.4) is 0 Å². The van der Waals surface area contributed by atoms with E-state index in [0.29, 0.717) is 38.7 Å². The Balaban J connectivity index is 1.33. The first-order valence-electron chi connectivity index (χ1n) is 10.9. The number of amides is 1. The van der Waals surface area contributed by atoms with Gasteiger partial charge in [0.25, 0.3) is 0 Å². The van der Waals surface area contributed by atoms with Crippen LogP contribution in [0.2, 0.25) is 10.0 Å². The largest absolute Gasteiger partial charge is 0.457 e. The number of hydrogen-bond acceptors (Lipinski definition) is 4. The van der Waals surface area contributed by atoms with Crippen LogP contribution in [-0.4, -0.2) is 10.9 Å². The number of fused-ring (bicyclic) bond motifs is 1. The maximum atomic E-state index is 12.6.